The van der Waals surface area contributed by atoms with Crippen LogP contribution in [0.5, 0.6) is 0 Å². The number of halogens is 3. The fourth-order valence-corrected chi connectivity index (χ4v) is 2.29. The van der Waals surface area contributed by atoms with Gasteiger partial charge in [0, 0.05) is 12.2 Å². The van der Waals surface area contributed by atoms with E-state index in [1.165, 1.54) is 0 Å². The maximum absolute atomic E-state index is 13.1. The van der Waals surface area contributed by atoms with Gasteiger partial charge in [-0.15, -0.1) is 0 Å². The van der Waals surface area contributed by atoms with Gasteiger partial charge in [-0.05, 0) is 61.2 Å². The smallest absolute Gasteiger partial charge is 0.194 e. The third-order valence-corrected chi connectivity index (χ3v) is 3.22. The number of nitrogens with one attached hydrogen (secondary N) is 1. The lowest BCUT2D eigenvalue weighted by atomic mass is 10.1. The molecule has 0 atom stereocenters. The second-order valence-corrected chi connectivity index (χ2v) is 5.39. The van der Waals surface area contributed by atoms with E-state index >= 15 is 0 Å². The van der Waals surface area contributed by atoms with Gasteiger partial charge < -0.3 is 11.1 Å². The summed E-state index contributed by atoms with van der Waals surface area (Å²) in [5.74, 6) is -3.66. The lowest BCUT2D eigenvalue weighted by Crippen LogP contribution is -2.23. The fourth-order valence-electron chi connectivity index (χ4n) is 2.29. The van der Waals surface area contributed by atoms with Crippen molar-refractivity contribution in [1.29, 1.82) is 0 Å². The van der Waals surface area contributed by atoms with Crippen molar-refractivity contribution in [2.45, 2.75) is 20.3 Å². The summed E-state index contributed by atoms with van der Waals surface area (Å²) < 4.78 is 39.1. The summed E-state index contributed by atoms with van der Waals surface area (Å²) in [6.07, 6.45) is 0.253. The summed E-state index contributed by atoms with van der Waals surface area (Å²) >= 11 is 0. The van der Waals surface area contributed by atoms with Gasteiger partial charge >= 0.3 is 0 Å². The Labute approximate surface area is 133 Å². The minimum atomic E-state index is -1.46. The molecule has 0 saturated carbocycles. The van der Waals surface area contributed by atoms with Gasteiger partial charge in [0.1, 0.15) is 0 Å². The van der Waals surface area contributed by atoms with Crippen molar-refractivity contribution in [2.24, 2.45) is 10.7 Å². The number of anilines is 1. The third-order valence-electron chi connectivity index (χ3n) is 3.22. The first-order chi connectivity index (χ1) is 10.8. The molecule has 6 heteroatoms. The number of hydrogen-bond donors (Lipinski definition) is 2. The number of nitrogens with zero attached hydrogens (tertiary/aromatic N) is 1. The molecule has 0 aliphatic rings. The monoisotopic (exact) mass is 321 g/mol. The van der Waals surface area contributed by atoms with Gasteiger partial charge in [0.15, 0.2) is 23.4 Å². The van der Waals surface area contributed by atoms with Crippen LogP contribution >= 0.6 is 0 Å². The molecule has 23 heavy (non-hydrogen) atoms. The molecule has 0 heterocycles. The molecule has 0 aliphatic carbocycles. The number of nitrogens with two attached hydrogens (primary N) is 1. The lowest BCUT2D eigenvalue weighted by Gasteiger charge is -2.08. The van der Waals surface area contributed by atoms with Crippen LogP contribution in [-0.2, 0) is 6.42 Å². The quantitative estimate of drug-likeness (QED) is 0.513. The summed E-state index contributed by atoms with van der Waals surface area (Å²) in [4.78, 5) is 4.10. The number of benzene rings is 2. The van der Waals surface area contributed by atoms with Gasteiger partial charge in [-0.3, -0.25) is 4.99 Å². The molecule has 0 spiro atoms. The van der Waals surface area contributed by atoms with Crippen LogP contribution in [-0.4, -0.2) is 12.5 Å². The highest BCUT2D eigenvalue weighted by atomic mass is 19.2. The van der Waals surface area contributed by atoms with Crippen LogP contribution in [0.15, 0.2) is 35.3 Å². The third kappa shape index (κ3) is 4.74. The van der Waals surface area contributed by atoms with Crippen molar-refractivity contribution in [3.63, 3.8) is 0 Å². The molecule has 0 radical (unpaired) electrons. The molecule has 0 bridgehead atoms. The molecule has 0 unspecified atom stereocenters. The number of aliphatic imine (C=N–C) groups is 1. The zero-order valence-electron chi connectivity index (χ0n) is 13.0. The Hall–Kier alpha value is -2.50. The lowest BCUT2D eigenvalue weighted by molar-refractivity contribution is 0.445. The van der Waals surface area contributed by atoms with Crippen LogP contribution in [0.2, 0.25) is 0 Å². The van der Waals surface area contributed by atoms with Crippen LogP contribution in [0.3, 0.4) is 0 Å². The second kappa shape index (κ2) is 7.17. The minimum Gasteiger partial charge on any atom is -0.370 e. The minimum absolute atomic E-state index is 0.207. The summed E-state index contributed by atoms with van der Waals surface area (Å²) in [6, 6.07) is 7.82. The van der Waals surface area contributed by atoms with Gasteiger partial charge in [0.25, 0.3) is 0 Å². The first-order valence-electron chi connectivity index (χ1n) is 7.14. The molecular formula is C17H18F3N3. The van der Waals surface area contributed by atoms with E-state index in [4.69, 9.17) is 5.73 Å². The Morgan fingerprint density at radius 3 is 2.13 bits per heavy atom. The summed E-state index contributed by atoms with van der Waals surface area (Å²) in [5, 5.41) is 2.96. The van der Waals surface area contributed by atoms with E-state index in [-0.39, 0.29) is 18.9 Å². The second-order valence-electron chi connectivity index (χ2n) is 5.39. The van der Waals surface area contributed by atoms with E-state index in [0.717, 1.165) is 28.9 Å². The van der Waals surface area contributed by atoms with Crippen LogP contribution in [0, 0.1) is 31.3 Å². The van der Waals surface area contributed by atoms with Gasteiger partial charge in [-0.25, -0.2) is 13.2 Å². The van der Waals surface area contributed by atoms with Crippen LogP contribution in [0.4, 0.5) is 18.9 Å². The van der Waals surface area contributed by atoms with Crippen molar-refractivity contribution in [3.8, 4) is 0 Å². The van der Waals surface area contributed by atoms with E-state index < -0.39 is 17.5 Å². The topological polar surface area (TPSA) is 50.4 Å². The average molecular weight is 321 g/mol. The Bertz CT molecular complexity index is 699. The molecule has 3 nitrogen and oxygen atoms in total. The zero-order chi connectivity index (χ0) is 17.0. The van der Waals surface area contributed by atoms with E-state index in [0.29, 0.717) is 5.56 Å². The normalized spacial score (nSPS) is 11.6. The number of guanidine groups is 1. The molecule has 0 fully saturated rings. The molecule has 0 aromatic heterocycles. The molecule has 2 aromatic carbocycles. The van der Waals surface area contributed by atoms with E-state index in [1.807, 2.05) is 32.0 Å². The van der Waals surface area contributed by atoms with Crippen molar-refractivity contribution in [3.05, 3.63) is 64.5 Å². The Kier molecular flexibility index (Phi) is 5.26. The molecule has 3 N–H and O–H groups in total. The summed E-state index contributed by atoms with van der Waals surface area (Å²) in [7, 11) is 0. The molecule has 122 valence electrons. The highest BCUT2D eigenvalue weighted by molar-refractivity contribution is 5.92. The largest absolute Gasteiger partial charge is 0.370 e. The van der Waals surface area contributed by atoms with Gasteiger partial charge in [0.05, 0.1) is 0 Å². The zero-order valence-corrected chi connectivity index (χ0v) is 13.0. The molecule has 2 rings (SSSR count). The predicted molar refractivity (Wildman–Crippen MR) is 86.0 cm³/mol. The van der Waals surface area contributed by atoms with Crippen molar-refractivity contribution in [1.82, 2.24) is 0 Å². The Balaban J connectivity index is 1.97. The number of rotatable bonds is 4. The Morgan fingerprint density at radius 1 is 1.00 bits per heavy atom. The van der Waals surface area contributed by atoms with E-state index in [1.54, 1.807) is 0 Å². The maximum Gasteiger partial charge on any atom is 0.194 e. The first kappa shape index (κ1) is 16.9. The standard InChI is InChI=1S/C17H18F3N3/c1-10-5-11(2)7-13(6-10)23-17(21)22-4-3-12-8-14(18)16(20)15(19)9-12/h5-9H,3-4H2,1-2H3,(H3,21,22,23). The predicted octanol–water partition coefficient (Wildman–Crippen LogP) is 3.69. The van der Waals surface area contributed by atoms with Crippen molar-refractivity contribution < 1.29 is 13.2 Å². The van der Waals surface area contributed by atoms with Gasteiger partial charge in [-0.2, -0.15) is 0 Å². The average Bonchev–Trinajstić information content (AvgIpc) is 2.43. The molecule has 0 saturated heterocycles. The summed E-state index contributed by atoms with van der Waals surface area (Å²) in [6.45, 7) is 4.18. The maximum atomic E-state index is 13.1. The first-order valence-corrected chi connectivity index (χ1v) is 7.14. The highest BCUT2D eigenvalue weighted by Crippen LogP contribution is 2.15. The molecule has 0 aliphatic heterocycles. The van der Waals surface area contributed by atoms with E-state index in [9.17, 15) is 13.2 Å². The summed E-state index contributed by atoms with van der Waals surface area (Å²) in [5.41, 5.74) is 9.12. The molecule has 0 amide bonds. The number of aryl methyl sites for hydroxylation is 2. The SMILES string of the molecule is Cc1cc(C)cc(NC(N)=NCCc2cc(F)c(F)c(F)c2)c1. The molecular weight excluding hydrogens is 303 g/mol. The van der Waals surface area contributed by atoms with E-state index in [2.05, 4.69) is 10.3 Å². The molecule has 2 aromatic rings. The van der Waals surface area contributed by atoms with Crippen LogP contribution < -0.4 is 11.1 Å². The van der Waals surface area contributed by atoms with Crippen LogP contribution in [0.25, 0.3) is 0 Å². The van der Waals surface area contributed by atoms with Crippen LogP contribution in [0.1, 0.15) is 16.7 Å². The van der Waals surface area contributed by atoms with Gasteiger partial charge in [0.2, 0.25) is 0 Å². The van der Waals surface area contributed by atoms with Crippen molar-refractivity contribution >= 4 is 11.6 Å². The van der Waals surface area contributed by atoms with Crippen molar-refractivity contribution in [2.75, 3.05) is 11.9 Å². The number of hydrogen-bond acceptors (Lipinski definition) is 1. The highest BCUT2D eigenvalue weighted by Gasteiger charge is 2.10. The fraction of sp³-hybridized carbons (Fsp3) is 0.235. The Morgan fingerprint density at radius 2 is 1.57 bits per heavy atom. The van der Waals surface area contributed by atoms with Gasteiger partial charge in [-0.1, -0.05) is 6.07 Å².